The first kappa shape index (κ1) is 46.5. The summed E-state index contributed by atoms with van der Waals surface area (Å²) in [5.74, 6) is -10.7. The average Bonchev–Trinajstić information content (AvgIpc) is 2.97. The second-order valence-corrected chi connectivity index (χ2v) is 12.7. The molecular weight excluding hydrogens is 700 g/mol. The summed E-state index contributed by atoms with van der Waals surface area (Å²) in [5, 5.41) is 39.7. The lowest BCUT2D eigenvalue weighted by Gasteiger charge is -2.36. The minimum absolute atomic E-state index is 0.486. The van der Waals surface area contributed by atoms with Gasteiger partial charge >= 0.3 is 35.8 Å². The first-order valence-corrected chi connectivity index (χ1v) is 15.1. The maximum absolute atomic E-state index is 13.8. The number of carboxylic acid groups (broad SMARTS) is 3. The molecule has 25 heteroatoms. The van der Waals surface area contributed by atoms with Crippen molar-refractivity contribution in [1.29, 1.82) is 0 Å². The highest BCUT2D eigenvalue weighted by molar-refractivity contribution is 5.90. The monoisotopic (exact) mass is 750 g/mol. The van der Waals surface area contributed by atoms with Gasteiger partial charge in [0.05, 0.1) is 32.5 Å². The summed E-state index contributed by atoms with van der Waals surface area (Å²) >= 11 is 0. The molecule has 52 heavy (non-hydrogen) atoms. The SMILES string of the molecule is CC(CN=C(N)N)(C[C@H](N)C(=O)O)OC(=O)CC(O)(CC(=O)OC(C)(CN=C(N)N)C[C@H](N)C(=O)O)C(=O)OC(C)(CN=C(N)N)C[C@H](N)C(=O)O. The molecule has 0 aromatic rings. The van der Waals surface area contributed by atoms with Crippen molar-refractivity contribution in [2.24, 2.45) is 66.6 Å². The van der Waals surface area contributed by atoms with Gasteiger partial charge in [-0.25, -0.2) is 19.8 Å². The van der Waals surface area contributed by atoms with E-state index in [-0.39, 0.29) is 0 Å². The minimum Gasteiger partial charge on any atom is -0.480 e. The molecule has 0 aromatic heterocycles. The van der Waals surface area contributed by atoms with Crippen LogP contribution in [0.5, 0.6) is 0 Å². The zero-order chi connectivity index (χ0) is 40.8. The van der Waals surface area contributed by atoms with Gasteiger partial charge in [0.15, 0.2) is 23.5 Å². The normalized spacial score (nSPS) is 17.4. The highest BCUT2D eigenvalue weighted by atomic mass is 16.6. The summed E-state index contributed by atoms with van der Waals surface area (Å²) in [6.07, 6.45) is -4.67. The number of aliphatic hydroxyl groups is 1. The number of guanidine groups is 3. The molecule has 0 saturated heterocycles. The molecule has 0 aliphatic carbocycles. The number of esters is 3. The number of carbonyl (C=O) groups excluding carboxylic acids is 3. The van der Waals surface area contributed by atoms with E-state index in [2.05, 4.69) is 15.0 Å². The van der Waals surface area contributed by atoms with Crippen molar-refractivity contribution in [1.82, 2.24) is 0 Å². The van der Waals surface area contributed by atoms with E-state index >= 15 is 0 Å². The molecule has 0 aliphatic heterocycles. The van der Waals surface area contributed by atoms with E-state index in [0.29, 0.717) is 0 Å². The summed E-state index contributed by atoms with van der Waals surface area (Å²) in [6, 6.07) is -4.93. The number of rotatable bonds is 23. The Kier molecular flexibility index (Phi) is 17.1. The Morgan fingerprint density at radius 2 is 0.788 bits per heavy atom. The number of hydrogen-bond donors (Lipinski definition) is 13. The molecule has 0 aliphatic rings. The summed E-state index contributed by atoms with van der Waals surface area (Å²) in [7, 11) is 0. The fraction of sp³-hybridized carbons (Fsp3) is 0.667. The lowest BCUT2D eigenvalue weighted by atomic mass is 9.92. The Hall–Kier alpha value is -5.53. The van der Waals surface area contributed by atoms with E-state index in [1.54, 1.807) is 0 Å². The van der Waals surface area contributed by atoms with Crippen LogP contribution in [0.1, 0.15) is 52.9 Å². The summed E-state index contributed by atoms with van der Waals surface area (Å²) in [4.78, 5) is 86.1. The molecule has 0 radical (unpaired) electrons. The molecule has 3 unspecified atom stereocenters. The summed E-state index contributed by atoms with van der Waals surface area (Å²) in [6.45, 7) is 1.78. The van der Waals surface area contributed by atoms with E-state index in [4.69, 9.17) is 65.8 Å². The summed E-state index contributed by atoms with van der Waals surface area (Å²) in [5.41, 5.74) is 40.1. The quantitative estimate of drug-likeness (QED) is 0.0200. The van der Waals surface area contributed by atoms with Crippen molar-refractivity contribution < 1.29 is 63.4 Å². The molecule has 0 fully saturated rings. The molecule has 0 saturated carbocycles. The Morgan fingerprint density at radius 3 is 1.02 bits per heavy atom. The molecule has 0 heterocycles. The molecular formula is C27H50N12O13. The maximum Gasteiger partial charge on any atom is 0.339 e. The number of aliphatic imine (C=N–C) groups is 3. The number of nitrogens with two attached hydrogens (primary N) is 9. The average molecular weight is 751 g/mol. The number of nitrogens with zero attached hydrogens (tertiary/aromatic N) is 3. The third kappa shape index (κ3) is 16.9. The molecule has 22 N–H and O–H groups in total. The van der Waals surface area contributed by atoms with Gasteiger partial charge in [-0.1, -0.05) is 0 Å². The first-order chi connectivity index (χ1) is 23.6. The van der Waals surface area contributed by atoms with Crippen molar-refractivity contribution in [3.63, 3.8) is 0 Å². The van der Waals surface area contributed by atoms with E-state index in [1.807, 2.05) is 0 Å². The van der Waals surface area contributed by atoms with Crippen molar-refractivity contribution in [2.45, 2.75) is 93.4 Å². The highest BCUT2D eigenvalue weighted by Crippen LogP contribution is 2.29. The lowest BCUT2D eigenvalue weighted by Crippen LogP contribution is -2.53. The number of carboxylic acids is 3. The molecule has 0 spiro atoms. The highest BCUT2D eigenvalue weighted by Gasteiger charge is 2.49. The van der Waals surface area contributed by atoms with Crippen LogP contribution in [-0.4, -0.2) is 134 Å². The van der Waals surface area contributed by atoms with Crippen LogP contribution in [-0.2, 0) is 43.0 Å². The van der Waals surface area contributed by atoms with Crippen molar-refractivity contribution in [3.05, 3.63) is 0 Å². The number of hydrogen-bond acceptors (Lipinski definition) is 16. The standard InChI is InChI=1S/C27H50N12O13/c1-24(9-37-21(31)32,4-12(28)17(42)43)50-15(40)7-27(49,20(48)52-26(3,11-39-23(35)36)6-14(30)19(46)47)8-16(41)51-25(2,10-38-22(33)34)5-13(29)18(44)45/h12-14,49H,4-11,28-30H2,1-3H3,(H,42,43)(H,44,45)(H,46,47)(H4,31,32,37)(H4,33,34,38)(H4,35,36,39)/t12-,13-,14-,24?,25?,26?,27?/m0/s1. The molecule has 0 rings (SSSR count). The van der Waals surface area contributed by atoms with Crippen LogP contribution >= 0.6 is 0 Å². The molecule has 0 aromatic carbocycles. The van der Waals surface area contributed by atoms with Crippen LogP contribution in [0.25, 0.3) is 0 Å². The second kappa shape index (κ2) is 19.2. The molecule has 25 nitrogen and oxygen atoms in total. The summed E-state index contributed by atoms with van der Waals surface area (Å²) < 4.78 is 16.2. The van der Waals surface area contributed by atoms with Crippen molar-refractivity contribution in [2.75, 3.05) is 19.6 Å². The van der Waals surface area contributed by atoms with Crippen LogP contribution in [0.2, 0.25) is 0 Å². The zero-order valence-corrected chi connectivity index (χ0v) is 28.9. The van der Waals surface area contributed by atoms with Gasteiger partial charge in [-0.15, -0.1) is 0 Å². The van der Waals surface area contributed by atoms with E-state index < -0.39 is 146 Å². The van der Waals surface area contributed by atoms with Crippen LogP contribution < -0.4 is 51.6 Å². The molecule has 0 amide bonds. The topological polar surface area (TPSA) is 482 Å². The number of ether oxygens (including phenoxy) is 3. The van der Waals surface area contributed by atoms with Gasteiger partial charge in [-0.05, 0) is 20.8 Å². The van der Waals surface area contributed by atoms with E-state index in [0.717, 1.165) is 6.92 Å². The van der Waals surface area contributed by atoms with Crippen LogP contribution in [0.4, 0.5) is 0 Å². The Morgan fingerprint density at radius 1 is 0.538 bits per heavy atom. The van der Waals surface area contributed by atoms with Crippen LogP contribution in [0.15, 0.2) is 15.0 Å². The lowest BCUT2D eigenvalue weighted by molar-refractivity contribution is -0.193. The van der Waals surface area contributed by atoms with Gasteiger partial charge in [0, 0.05) is 19.3 Å². The zero-order valence-electron chi connectivity index (χ0n) is 28.9. The van der Waals surface area contributed by atoms with Gasteiger partial charge in [0.2, 0.25) is 0 Å². The van der Waals surface area contributed by atoms with Crippen molar-refractivity contribution in [3.8, 4) is 0 Å². The smallest absolute Gasteiger partial charge is 0.339 e. The Balaban J connectivity index is 6.99. The predicted octanol–water partition coefficient (Wildman–Crippen LogP) is -6.37. The molecule has 6 atom stereocenters. The fourth-order valence-electron chi connectivity index (χ4n) is 4.47. The van der Waals surface area contributed by atoms with Crippen LogP contribution in [0.3, 0.4) is 0 Å². The van der Waals surface area contributed by atoms with Gasteiger partial charge in [-0.3, -0.25) is 24.0 Å². The van der Waals surface area contributed by atoms with Crippen molar-refractivity contribution >= 4 is 53.7 Å². The number of aliphatic carboxylic acids is 3. The first-order valence-electron chi connectivity index (χ1n) is 15.1. The largest absolute Gasteiger partial charge is 0.480 e. The van der Waals surface area contributed by atoms with Gasteiger partial charge in [0.1, 0.15) is 34.9 Å². The minimum atomic E-state index is -3.22. The third-order valence-electron chi connectivity index (χ3n) is 7.01. The Labute approximate surface area is 296 Å². The molecule has 0 bridgehead atoms. The Bertz CT molecular complexity index is 1350. The fourth-order valence-corrected chi connectivity index (χ4v) is 4.47. The van der Waals surface area contributed by atoms with E-state index in [1.165, 1.54) is 13.8 Å². The third-order valence-corrected chi connectivity index (χ3v) is 7.01. The van der Waals surface area contributed by atoms with Crippen LogP contribution in [0, 0.1) is 0 Å². The van der Waals surface area contributed by atoms with Gasteiger partial charge in [-0.2, -0.15) is 0 Å². The van der Waals surface area contributed by atoms with Gasteiger partial charge in [0.25, 0.3) is 0 Å². The van der Waals surface area contributed by atoms with E-state index in [9.17, 15) is 49.2 Å². The molecule has 296 valence electrons. The maximum atomic E-state index is 13.8. The van der Waals surface area contributed by atoms with Gasteiger partial charge < -0.3 is 86.2 Å². The predicted molar refractivity (Wildman–Crippen MR) is 180 cm³/mol. The second-order valence-electron chi connectivity index (χ2n) is 12.7. The number of carbonyl (C=O) groups is 6.